The summed E-state index contributed by atoms with van der Waals surface area (Å²) in [5.41, 5.74) is 1.98. The zero-order valence-corrected chi connectivity index (χ0v) is 16.4. The van der Waals surface area contributed by atoms with Gasteiger partial charge in [-0.1, -0.05) is 12.1 Å². The Morgan fingerprint density at radius 2 is 1.93 bits per heavy atom. The van der Waals surface area contributed by atoms with Crippen LogP contribution in [0.3, 0.4) is 0 Å². The van der Waals surface area contributed by atoms with Crippen molar-refractivity contribution in [2.45, 2.75) is 20.4 Å². The summed E-state index contributed by atoms with van der Waals surface area (Å²) in [5, 5.41) is 10.9. The lowest BCUT2D eigenvalue weighted by Crippen LogP contribution is -2.15. The second-order valence-electron chi connectivity index (χ2n) is 6.18. The zero-order chi connectivity index (χ0) is 19.7. The van der Waals surface area contributed by atoms with Crippen molar-refractivity contribution in [1.82, 2.24) is 15.3 Å². The van der Waals surface area contributed by atoms with Crippen LogP contribution >= 0.6 is 7.75 Å². The Balaban J connectivity index is 1.70. The van der Waals surface area contributed by atoms with Crippen molar-refractivity contribution in [3.63, 3.8) is 0 Å². The monoisotopic (exact) mass is 401 g/mol. The molecule has 0 radical (unpaired) electrons. The summed E-state index contributed by atoms with van der Waals surface area (Å²) < 4.78 is 29.1. The SMILES string of the molecule is CCOP(=O)(NCc1ccc2c(c1)-c1n[nH]c(=O)c3cccc(c13)O2)OCC. The number of nitrogens with zero attached hydrogens (tertiary/aromatic N) is 1. The minimum Gasteiger partial charge on any atom is -0.456 e. The van der Waals surface area contributed by atoms with Crippen molar-refractivity contribution in [2.75, 3.05) is 13.2 Å². The zero-order valence-electron chi connectivity index (χ0n) is 15.5. The lowest BCUT2D eigenvalue weighted by molar-refractivity contribution is 0.210. The molecule has 0 saturated heterocycles. The smallest absolute Gasteiger partial charge is 0.405 e. The van der Waals surface area contributed by atoms with E-state index in [0.29, 0.717) is 28.0 Å². The number of ether oxygens (including phenoxy) is 1. The van der Waals surface area contributed by atoms with Crippen molar-refractivity contribution in [3.05, 3.63) is 52.3 Å². The van der Waals surface area contributed by atoms with Gasteiger partial charge in [-0.15, -0.1) is 0 Å². The first-order valence-corrected chi connectivity index (χ1v) is 10.6. The van der Waals surface area contributed by atoms with Gasteiger partial charge in [-0.05, 0) is 43.7 Å². The molecule has 2 heterocycles. The van der Waals surface area contributed by atoms with Crippen LogP contribution < -0.4 is 15.4 Å². The number of fused-ring (bicyclic) bond motifs is 2. The van der Waals surface area contributed by atoms with E-state index in [4.69, 9.17) is 13.8 Å². The minimum absolute atomic E-state index is 0.264. The Hall–Kier alpha value is -2.51. The molecule has 0 spiro atoms. The van der Waals surface area contributed by atoms with E-state index in [1.807, 2.05) is 24.3 Å². The first kappa shape index (κ1) is 18.8. The molecule has 8 nitrogen and oxygen atoms in total. The number of nitrogens with one attached hydrogen (secondary N) is 2. The molecule has 1 aliphatic rings. The summed E-state index contributed by atoms with van der Waals surface area (Å²) in [7, 11) is -3.36. The fourth-order valence-electron chi connectivity index (χ4n) is 3.20. The van der Waals surface area contributed by atoms with Gasteiger partial charge in [-0.3, -0.25) is 13.8 Å². The number of hydrogen-bond donors (Lipinski definition) is 2. The first-order chi connectivity index (χ1) is 13.5. The number of aromatic nitrogens is 2. The minimum atomic E-state index is -3.36. The Morgan fingerprint density at radius 1 is 1.14 bits per heavy atom. The largest absolute Gasteiger partial charge is 0.456 e. The molecule has 2 N–H and O–H groups in total. The molecule has 146 valence electrons. The van der Waals surface area contributed by atoms with Crippen molar-refractivity contribution in [3.8, 4) is 22.8 Å². The summed E-state index contributed by atoms with van der Waals surface area (Å²) in [5.74, 6) is 1.24. The Bertz CT molecular complexity index is 1130. The molecule has 0 bridgehead atoms. The number of hydrogen-bond acceptors (Lipinski definition) is 6. The predicted molar refractivity (Wildman–Crippen MR) is 106 cm³/mol. The maximum Gasteiger partial charge on any atom is 0.405 e. The fraction of sp³-hybridized carbons (Fsp3) is 0.263. The molecule has 0 fully saturated rings. The third-order valence-corrected chi connectivity index (χ3v) is 6.11. The van der Waals surface area contributed by atoms with Crippen LogP contribution in [0.2, 0.25) is 0 Å². The summed E-state index contributed by atoms with van der Waals surface area (Å²) in [6.45, 7) is 4.34. The molecule has 28 heavy (non-hydrogen) atoms. The van der Waals surface area contributed by atoms with E-state index in [1.165, 1.54) is 0 Å². The maximum absolute atomic E-state index is 12.6. The Morgan fingerprint density at radius 3 is 2.68 bits per heavy atom. The molecule has 4 rings (SSSR count). The van der Waals surface area contributed by atoms with Gasteiger partial charge in [0.1, 0.15) is 17.2 Å². The first-order valence-electron chi connectivity index (χ1n) is 9.01. The van der Waals surface area contributed by atoms with Gasteiger partial charge in [0, 0.05) is 12.1 Å². The van der Waals surface area contributed by atoms with Gasteiger partial charge < -0.3 is 4.74 Å². The van der Waals surface area contributed by atoms with Gasteiger partial charge >= 0.3 is 7.75 Å². The highest BCUT2D eigenvalue weighted by atomic mass is 31.2. The van der Waals surface area contributed by atoms with Crippen LogP contribution in [0.4, 0.5) is 0 Å². The van der Waals surface area contributed by atoms with Crippen LogP contribution in [0.25, 0.3) is 22.0 Å². The third-order valence-electron chi connectivity index (χ3n) is 4.37. The van der Waals surface area contributed by atoms with E-state index < -0.39 is 7.75 Å². The van der Waals surface area contributed by atoms with Gasteiger partial charge in [-0.25, -0.2) is 14.8 Å². The van der Waals surface area contributed by atoms with E-state index in [-0.39, 0.29) is 25.3 Å². The lowest BCUT2D eigenvalue weighted by atomic mass is 9.99. The van der Waals surface area contributed by atoms with Crippen molar-refractivity contribution >= 4 is 18.5 Å². The molecule has 3 aromatic rings. The molecule has 0 aliphatic carbocycles. The van der Waals surface area contributed by atoms with Gasteiger partial charge in [-0.2, -0.15) is 5.10 Å². The van der Waals surface area contributed by atoms with Crippen molar-refractivity contribution < 1.29 is 18.3 Å². The van der Waals surface area contributed by atoms with Crippen molar-refractivity contribution in [2.24, 2.45) is 0 Å². The molecular weight excluding hydrogens is 381 g/mol. The van der Waals surface area contributed by atoms with E-state index >= 15 is 0 Å². The van der Waals surface area contributed by atoms with Crippen LogP contribution in [0, 0.1) is 0 Å². The van der Waals surface area contributed by atoms with Crippen LogP contribution in [0.5, 0.6) is 11.5 Å². The average molecular weight is 401 g/mol. The molecule has 2 aromatic carbocycles. The van der Waals surface area contributed by atoms with E-state index in [9.17, 15) is 9.36 Å². The van der Waals surface area contributed by atoms with Crippen LogP contribution in [-0.2, 0) is 20.2 Å². The molecule has 0 atom stereocenters. The quantitative estimate of drug-likeness (QED) is 0.452. The van der Waals surface area contributed by atoms with Gasteiger partial charge in [0.2, 0.25) is 0 Å². The van der Waals surface area contributed by atoms with E-state index in [1.54, 1.807) is 26.0 Å². The lowest BCUT2D eigenvalue weighted by Gasteiger charge is -2.21. The molecule has 0 amide bonds. The second-order valence-corrected chi connectivity index (χ2v) is 8.01. The summed E-state index contributed by atoms with van der Waals surface area (Å²) in [4.78, 5) is 12.1. The van der Waals surface area contributed by atoms with Gasteiger partial charge in [0.15, 0.2) is 0 Å². The number of rotatable bonds is 7. The summed E-state index contributed by atoms with van der Waals surface area (Å²) >= 11 is 0. The molecule has 1 aliphatic heterocycles. The predicted octanol–water partition coefficient (Wildman–Crippen LogP) is 3.97. The number of aromatic amines is 1. The second kappa shape index (κ2) is 7.48. The third kappa shape index (κ3) is 3.36. The topological polar surface area (TPSA) is 103 Å². The Labute approximate surface area is 161 Å². The van der Waals surface area contributed by atoms with Crippen LogP contribution in [0.15, 0.2) is 41.2 Å². The average Bonchev–Trinajstić information content (AvgIpc) is 2.69. The molecule has 0 unspecified atom stereocenters. The van der Waals surface area contributed by atoms with E-state index in [0.717, 1.165) is 11.1 Å². The van der Waals surface area contributed by atoms with Gasteiger partial charge in [0.05, 0.1) is 24.0 Å². The number of benzene rings is 2. The van der Waals surface area contributed by atoms with E-state index in [2.05, 4.69) is 15.3 Å². The fourth-order valence-corrected chi connectivity index (χ4v) is 4.52. The highest BCUT2D eigenvalue weighted by Gasteiger charge is 2.25. The standard InChI is InChI=1S/C19H20N3O5P/c1-3-25-28(24,26-4-2)20-11-12-8-9-15-14(10-12)18-17-13(19(23)22-21-18)6-5-7-16(17)27-15/h5-10H,3-4,11H2,1-2H3,(H,20,24)(H,22,23). The van der Waals surface area contributed by atoms with Crippen LogP contribution in [0.1, 0.15) is 19.4 Å². The molecule has 0 saturated carbocycles. The Kier molecular flexibility index (Phi) is 5.03. The highest BCUT2D eigenvalue weighted by molar-refractivity contribution is 7.51. The van der Waals surface area contributed by atoms with Crippen LogP contribution in [-0.4, -0.2) is 23.4 Å². The molecular formula is C19H20N3O5P. The summed E-state index contributed by atoms with van der Waals surface area (Å²) in [6, 6.07) is 10.9. The van der Waals surface area contributed by atoms with Crippen molar-refractivity contribution in [1.29, 1.82) is 0 Å². The number of H-pyrrole nitrogens is 1. The molecule has 1 aromatic heterocycles. The molecule has 9 heteroatoms. The van der Waals surface area contributed by atoms with Gasteiger partial charge in [0.25, 0.3) is 5.56 Å². The maximum atomic E-state index is 12.6. The highest BCUT2D eigenvalue weighted by Crippen LogP contribution is 2.46. The normalized spacial score (nSPS) is 12.6. The summed E-state index contributed by atoms with van der Waals surface area (Å²) in [6.07, 6.45) is 0.